The van der Waals surface area contributed by atoms with E-state index in [2.05, 4.69) is 10.3 Å². The smallest absolute Gasteiger partial charge is 0.248 e. The first kappa shape index (κ1) is 19.3. The van der Waals surface area contributed by atoms with Gasteiger partial charge >= 0.3 is 0 Å². The van der Waals surface area contributed by atoms with Crippen LogP contribution in [-0.2, 0) is 9.59 Å². The Labute approximate surface area is 173 Å². The third-order valence-corrected chi connectivity index (χ3v) is 5.93. The van der Waals surface area contributed by atoms with Gasteiger partial charge in [-0.3, -0.25) is 9.59 Å². The number of anilines is 1. The first-order valence-electron chi connectivity index (χ1n) is 9.31. The first-order valence-corrected chi connectivity index (χ1v) is 10.5. The van der Waals surface area contributed by atoms with E-state index in [1.165, 1.54) is 11.6 Å². The highest BCUT2D eigenvalue weighted by Gasteiger charge is 2.33. The highest BCUT2D eigenvalue weighted by atomic mass is 32.2. The van der Waals surface area contributed by atoms with Crippen molar-refractivity contribution in [3.05, 3.63) is 65.6 Å². The van der Waals surface area contributed by atoms with Gasteiger partial charge in [-0.15, -0.1) is 11.8 Å². The molecular weight excluding hydrogens is 386 g/mol. The summed E-state index contributed by atoms with van der Waals surface area (Å²) in [5, 5.41) is 2.93. The third-order valence-electron chi connectivity index (χ3n) is 4.92. The maximum absolute atomic E-state index is 12.7. The quantitative estimate of drug-likeness (QED) is 0.662. The van der Waals surface area contributed by atoms with Crippen LogP contribution in [-0.4, -0.2) is 39.4 Å². The molecule has 148 valence electrons. The zero-order valence-corrected chi connectivity index (χ0v) is 17.0. The van der Waals surface area contributed by atoms with Crippen molar-refractivity contribution in [2.75, 3.05) is 16.9 Å². The Hall–Kier alpha value is -3.06. The lowest BCUT2D eigenvalue weighted by Crippen LogP contribution is -2.43. The largest absolute Gasteiger partial charge is 0.437 e. The molecule has 1 N–H and O–H groups in total. The standard InChI is InChI=1S/C22H21N3O3S/c1-14-7-8-16(11-15(14)2)23-22(27)18-12-29-13-25(18)21(26)10-9-20-24-17-5-3-4-6-19(17)28-20/h3-11,18H,12-13H2,1-2H3,(H,23,27). The molecule has 6 nitrogen and oxygen atoms in total. The van der Waals surface area contributed by atoms with Crippen molar-refractivity contribution in [1.82, 2.24) is 9.88 Å². The van der Waals surface area contributed by atoms with Gasteiger partial charge in [-0.1, -0.05) is 18.2 Å². The SMILES string of the molecule is Cc1ccc(NC(=O)C2CSCN2C(=O)C=Cc2nc3ccccc3o2)cc1C. The molecule has 1 saturated heterocycles. The van der Waals surface area contributed by atoms with Crippen LogP contribution in [0.5, 0.6) is 0 Å². The lowest BCUT2D eigenvalue weighted by Gasteiger charge is -2.21. The summed E-state index contributed by atoms with van der Waals surface area (Å²) >= 11 is 1.56. The molecule has 2 aromatic carbocycles. The van der Waals surface area contributed by atoms with Crippen LogP contribution in [0.15, 0.2) is 53.0 Å². The minimum atomic E-state index is -0.512. The van der Waals surface area contributed by atoms with Crippen LogP contribution in [0, 0.1) is 13.8 Å². The molecule has 0 aliphatic carbocycles. The van der Waals surface area contributed by atoms with Gasteiger partial charge in [-0.05, 0) is 49.2 Å². The molecule has 1 unspecified atom stereocenters. The molecule has 1 fully saturated rings. The van der Waals surface area contributed by atoms with Crippen LogP contribution in [0.2, 0.25) is 0 Å². The van der Waals surface area contributed by atoms with Gasteiger partial charge in [-0.2, -0.15) is 0 Å². The molecule has 3 aromatic rings. The summed E-state index contributed by atoms with van der Waals surface area (Å²) in [5.41, 5.74) is 4.42. The lowest BCUT2D eigenvalue weighted by atomic mass is 10.1. The number of rotatable bonds is 4. The van der Waals surface area contributed by atoms with Crippen LogP contribution >= 0.6 is 11.8 Å². The van der Waals surface area contributed by atoms with Crippen molar-refractivity contribution in [1.29, 1.82) is 0 Å². The van der Waals surface area contributed by atoms with Crippen molar-refractivity contribution in [2.24, 2.45) is 0 Å². The summed E-state index contributed by atoms with van der Waals surface area (Å²) in [6, 6.07) is 12.7. The number of aryl methyl sites for hydroxylation is 2. The first-order chi connectivity index (χ1) is 14.0. The fourth-order valence-corrected chi connectivity index (χ4v) is 4.29. The number of para-hydroxylation sites is 2. The maximum atomic E-state index is 12.7. The molecule has 29 heavy (non-hydrogen) atoms. The number of aromatic nitrogens is 1. The second kappa shape index (κ2) is 8.13. The Morgan fingerprint density at radius 2 is 2.03 bits per heavy atom. The minimum Gasteiger partial charge on any atom is -0.437 e. The van der Waals surface area contributed by atoms with Crippen molar-refractivity contribution < 1.29 is 14.0 Å². The molecule has 0 radical (unpaired) electrons. The fourth-order valence-electron chi connectivity index (χ4n) is 3.12. The number of benzene rings is 2. The Kier molecular flexibility index (Phi) is 5.40. The fraction of sp³-hybridized carbons (Fsp3) is 0.227. The normalized spacial score (nSPS) is 16.6. The summed E-state index contributed by atoms with van der Waals surface area (Å²) in [7, 11) is 0. The van der Waals surface area contributed by atoms with Crippen molar-refractivity contribution in [3.63, 3.8) is 0 Å². The summed E-state index contributed by atoms with van der Waals surface area (Å²) in [4.78, 5) is 31.3. The lowest BCUT2D eigenvalue weighted by molar-refractivity contribution is -0.132. The number of carbonyl (C=O) groups is 2. The predicted octanol–water partition coefficient (Wildman–Crippen LogP) is 4.00. The van der Waals surface area contributed by atoms with E-state index in [0.717, 1.165) is 16.8 Å². The highest BCUT2D eigenvalue weighted by Crippen LogP contribution is 2.24. The number of carbonyl (C=O) groups excluding carboxylic acids is 2. The summed E-state index contributed by atoms with van der Waals surface area (Å²) in [6.07, 6.45) is 2.95. The molecule has 4 rings (SSSR count). The van der Waals surface area contributed by atoms with E-state index in [4.69, 9.17) is 4.42 Å². The topological polar surface area (TPSA) is 75.4 Å². The molecule has 0 saturated carbocycles. The van der Waals surface area contributed by atoms with E-state index in [0.29, 0.717) is 23.1 Å². The number of amides is 2. The van der Waals surface area contributed by atoms with Gasteiger partial charge in [0.15, 0.2) is 5.58 Å². The molecular formula is C22H21N3O3S. The van der Waals surface area contributed by atoms with Crippen LogP contribution < -0.4 is 5.32 Å². The number of oxazole rings is 1. The van der Waals surface area contributed by atoms with E-state index in [1.807, 2.05) is 56.3 Å². The van der Waals surface area contributed by atoms with Gasteiger partial charge in [0.2, 0.25) is 17.7 Å². The van der Waals surface area contributed by atoms with E-state index in [1.54, 1.807) is 22.7 Å². The number of nitrogens with zero attached hydrogens (tertiary/aromatic N) is 2. The molecule has 1 aromatic heterocycles. The Balaban J connectivity index is 1.44. The van der Waals surface area contributed by atoms with E-state index in [9.17, 15) is 9.59 Å². The number of hydrogen-bond acceptors (Lipinski definition) is 5. The van der Waals surface area contributed by atoms with E-state index >= 15 is 0 Å². The second-order valence-electron chi connectivity index (χ2n) is 6.97. The Morgan fingerprint density at radius 1 is 1.21 bits per heavy atom. The van der Waals surface area contributed by atoms with Crippen LogP contribution in [0.4, 0.5) is 5.69 Å². The monoisotopic (exact) mass is 407 g/mol. The van der Waals surface area contributed by atoms with Gasteiger partial charge < -0.3 is 14.6 Å². The summed E-state index contributed by atoms with van der Waals surface area (Å²) < 4.78 is 5.60. The molecule has 1 atom stereocenters. The molecule has 1 aliphatic rings. The highest BCUT2D eigenvalue weighted by molar-refractivity contribution is 7.99. The predicted molar refractivity (Wildman–Crippen MR) is 116 cm³/mol. The molecule has 2 heterocycles. The Bertz CT molecular complexity index is 1070. The van der Waals surface area contributed by atoms with E-state index in [-0.39, 0.29) is 11.8 Å². The second-order valence-corrected chi connectivity index (χ2v) is 7.96. The number of hydrogen-bond donors (Lipinski definition) is 1. The minimum absolute atomic E-state index is 0.179. The molecule has 0 bridgehead atoms. The number of nitrogens with one attached hydrogen (secondary N) is 1. The molecule has 7 heteroatoms. The molecule has 1 aliphatic heterocycles. The van der Waals surface area contributed by atoms with Gasteiger partial charge in [0.25, 0.3) is 0 Å². The number of thioether (sulfide) groups is 1. The summed E-state index contributed by atoms with van der Waals surface area (Å²) in [6.45, 7) is 4.03. The zero-order chi connectivity index (χ0) is 20.4. The van der Waals surface area contributed by atoms with Gasteiger partial charge in [0.05, 0.1) is 5.88 Å². The maximum Gasteiger partial charge on any atom is 0.248 e. The van der Waals surface area contributed by atoms with Crippen molar-refractivity contribution in [3.8, 4) is 0 Å². The Morgan fingerprint density at radius 3 is 2.83 bits per heavy atom. The van der Waals surface area contributed by atoms with Crippen LogP contribution in [0.3, 0.4) is 0 Å². The summed E-state index contributed by atoms with van der Waals surface area (Å²) in [5.74, 6) is 0.989. The van der Waals surface area contributed by atoms with Gasteiger partial charge in [-0.25, -0.2) is 4.98 Å². The average molecular weight is 407 g/mol. The van der Waals surface area contributed by atoms with Crippen molar-refractivity contribution >= 4 is 46.4 Å². The molecule has 0 spiro atoms. The molecule has 2 amide bonds. The van der Waals surface area contributed by atoms with Crippen molar-refractivity contribution in [2.45, 2.75) is 19.9 Å². The van der Waals surface area contributed by atoms with Gasteiger partial charge in [0, 0.05) is 23.6 Å². The third kappa shape index (κ3) is 4.19. The zero-order valence-electron chi connectivity index (χ0n) is 16.2. The van der Waals surface area contributed by atoms with Gasteiger partial charge in [0.1, 0.15) is 11.6 Å². The van der Waals surface area contributed by atoms with Crippen LogP contribution in [0.25, 0.3) is 17.2 Å². The number of fused-ring (bicyclic) bond motifs is 1. The van der Waals surface area contributed by atoms with E-state index < -0.39 is 6.04 Å². The average Bonchev–Trinajstić information content (AvgIpc) is 3.35. The van der Waals surface area contributed by atoms with Crippen LogP contribution in [0.1, 0.15) is 17.0 Å².